The fourth-order valence-corrected chi connectivity index (χ4v) is 2.17. The molecule has 0 aliphatic carbocycles. The van der Waals surface area contributed by atoms with Crippen LogP contribution in [0.15, 0.2) is 60.7 Å². The van der Waals surface area contributed by atoms with Crippen LogP contribution in [-0.4, -0.2) is 11.0 Å². The monoisotopic (exact) mass is 283 g/mol. The number of aliphatic hydroxyl groups is 1. The predicted octanol–water partition coefficient (Wildman–Crippen LogP) is 3.23. The first-order valence-electron chi connectivity index (χ1n) is 7.18. The van der Waals surface area contributed by atoms with Gasteiger partial charge in [-0.05, 0) is 11.1 Å². The van der Waals surface area contributed by atoms with Gasteiger partial charge in [0.2, 0.25) is 5.91 Å². The summed E-state index contributed by atoms with van der Waals surface area (Å²) in [6.45, 7) is 3.68. The van der Waals surface area contributed by atoms with Gasteiger partial charge >= 0.3 is 0 Å². The van der Waals surface area contributed by atoms with Crippen molar-refractivity contribution < 1.29 is 9.90 Å². The molecule has 2 N–H and O–H groups in total. The standard InChI is InChI=1S/C18H21NO2/c1-13(2)18(21)19-16(14-9-5-3-6-10-14)17(20)15-11-7-4-8-12-15/h3-13,16-17,20H,1-2H3,(H,19,21)/t16-,17+/m1/s1. The van der Waals surface area contributed by atoms with Crippen LogP contribution >= 0.6 is 0 Å². The number of amides is 1. The van der Waals surface area contributed by atoms with E-state index in [-0.39, 0.29) is 11.8 Å². The number of hydrogen-bond acceptors (Lipinski definition) is 2. The van der Waals surface area contributed by atoms with E-state index in [4.69, 9.17) is 0 Å². The third-order valence-electron chi connectivity index (χ3n) is 3.44. The van der Waals surface area contributed by atoms with Crippen molar-refractivity contribution >= 4 is 5.91 Å². The number of benzene rings is 2. The molecule has 0 radical (unpaired) electrons. The number of carbonyl (C=O) groups is 1. The molecule has 2 rings (SSSR count). The number of nitrogens with one attached hydrogen (secondary N) is 1. The fraction of sp³-hybridized carbons (Fsp3) is 0.278. The van der Waals surface area contributed by atoms with Crippen molar-refractivity contribution in [1.82, 2.24) is 5.32 Å². The summed E-state index contributed by atoms with van der Waals surface area (Å²) in [6, 6.07) is 18.5. The highest BCUT2D eigenvalue weighted by molar-refractivity contribution is 5.78. The first-order chi connectivity index (χ1) is 10.1. The van der Waals surface area contributed by atoms with E-state index in [0.29, 0.717) is 0 Å². The lowest BCUT2D eigenvalue weighted by molar-refractivity contribution is -0.125. The molecule has 1 amide bonds. The summed E-state index contributed by atoms with van der Waals surface area (Å²) in [4.78, 5) is 12.0. The maximum Gasteiger partial charge on any atom is 0.223 e. The lowest BCUT2D eigenvalue weighted by Crippen LogP contribution is -2.35. The van der Waals surface area contributed by atoms with Crippen molar-refractivity contribution in [2.75, 3.05) is 0 Å². The van der Waals surface area contributed by atoms with Crippen LogP contribution in [0.3, 0.4) is 0 Å². The summed E-state index contributed by atoms with van der Waals surface area (Å²) in [5, 5.41) is 13.6. The molecule has 0 aromatic heterocycles. The molecule has 110 valence electrons. The molecule has 0 unspecified atom stereocenters. The minimum absolute atomic E-state index is 0.0705. The normalized spacial score (nSPS) is 13.7. The highest BCUT2D eigenvalue weighted by Crippen LogP contribution is 2.28. The summed E-state index contributed by atoms with van der Waals surface area (Å²) >= 11 is 0. The molecule has 0 aliphatic heterocycles. The van der Waals surface area contributed by atoms with E-state index in [1.54, 1.807) is 0 Å². The summed E-state index contributed by atoms with van der Waals surface area (Å²) in [5.41, 5.74) is 1.68. The number of aliphatic hydroxyl groups excluding tert-OH is 1. The van der Waals surface area contributed by atoms with Gasteiger partial charge < -0.3 is 10.4 Å². The SMILES string of the molecule is CC(C)C(=O)N[C@H](c1ccccc1)[C@@H](O)c1ccccc1. The smallest absolute Gasteiger partial charge is 0.223 e. The molecule has 0 aliphatic rings. The van der Waals surface area contributed by atoms with Crippen molar-refractivity contribution in [2.45, 2.75) is 26.0 Å². The average molecular weight is 283 g/mol. The van der Waals surface area contributed by atoms with Crippen LogP contribution in [0.1, 0.15) is 37.1 Å². The highest BCUT2D eigenvalue weighted by Gasteiger charge is 2.25. The van der Waals surface area contributed by atoms with Crippen LogP contribution < -0.4 is 5.32 Å². The molecule has 0 saturated carbocycles. The summed E-state index contributed by atoms with van der Waals surface area (Å²) in [5.74, 6) is -0.196. The minimum Gasteiger partial charge on any atom is -0.386 e. The van der Waals surface area contributed by atoms with Gasteiger partial charge in [0.1, 0.15) is 6.10 Å². The van der Waals surface area contributed by atoms with Gasteiger partial charge in [0.25, 0.3) is 0 Å². The zero-order valence-corrected chi connectivity index (χ0v) is 12.4. The van der Waals surface area contributed by atoms with Crippen LogP contribution in [0.2, 0.25) is 0 Å². The van der Waals surface area contributed by atoms with Gasteiger partial charge in [0, 0.05) is 5.92 Å². The average Bonchev–Trinajstić information content (AvgIpc) is 2.53. The molecule has 0 bridgehead atoms. The van der Waals surface area contributed by atoms with Crippen LogP contribution in [0.5, 0.6) is 0 Å². The Labute approximate surface area is 125 Å². The van der Waals surface area contributed by atoms with Gasteiger partial charge in [-0.25, -0.2) is 0 Å². The molecule has 21 heavy (non-hydrogen) atoms. The molecular formula is C18H21NO2. The zero-order chi connectivity index (χ0) is 15.2. The Kier molecular flexibility index (Phi) is 5.12. The molecule has 0 fully saturated rings. The van der Waals surface area contributed by atoms with Crippen molar-refractivity contribution in [3.8, 4) is 0 Å². The second kappa shape index (κ2) is 7.04. The zero-order valence-electron chi connectivity index (χ0n) is 12.4. The first kappa shape index (κ1) is 15.3. The molecule has 3 heteroatoms. The number of rotatable bonds is 5. The molecule has 2 aromatic carbocycles. The van der Waals surface area contributed by atoms with E-state index in [2.05, 4.69) is 5.32 Å². The van der Waals surface area contributed by atoms with E-state index in [1.807, 2.05) is 74.5 Å². The van der Waals surface area contributed by atoms with E-state index >= 15 is 0 Å². The van der Waals surface area contributed by atoms with E-state index in [0.717, 1.165) is 11.1 Å². The van der Waals surface area contributed by atoms with Gasteiger partial charge in [-0.3, -0.25) is 4.79 Å². The predicted molar refractivity (Wildman–Crippen MR) is 83.6 cm³/mol. The first-order valence-corrected chi connectivity index (χ1v) is 7.18. The Morgan fingerprint density at radius 2 is 1.38 bits per heavy atom. The van der Waals surface area contributed by atoms with Crippen molar-refractivity contribution in [3.63, 3.8) is 0 Å². The van der Waals surface area contributed by atoms with Gasteiger partial charge in [-0.2, -0.15) is 0 Å². The second-order valence-electron chi connectivity index (χ2n) is 5.41. The van der Waals surface area contributed by atoms with Crippen molar-refractivity contribution in [2.24, 2.45) is 5.92 Å². The van der Waals surface area contributed by atoms with E-state index < -0.39 is 12.1 Å². The number of carbonyl (C=O) groups excluding carboxylic acids is 1. The highest BCUT2D eigenvalue weighted by atomic mass is 16.3. The maximum absolute atomic E-state index is 12.0. The third kappa shape index (κ3) is 3.92. The summed E-state index contributed by atoms with van der Waals surface area (Å²) < 4.78 is 0. The largest absolute Gasteiger partial charge is 0.386 e. The molecule has 2 atom stereocenters. The lowest BCUT2D eigenvalue weighted by atomic mass is 9.95. The van der Waals surface area contributed by atoms with Crippen molar-refractivity contribution in [1.29, 1.82) is 0 Å². The third-order valence-corrected chi connectivity index (χ3v) is 3.44. The Bertz CT molecular complexity index is 566. The second-order valence-corrected chi connectivity index (χ2v) is 5.41. The number of hydrogen-bond donors (Lipinski definition) is 2. The van der Waals surface area contributed by atoms with E-state index in [9.17, 15) is 9.90 Å². The van der Waals surface area contributed by atoms with Crippen LogP contribution in [0.25, 0.3) is 0 Å². The fourth-order valence-electron chi connectivity index (χ4n) is 2.17. The van der Waals surface area contributed by atoms with Gasteiger partial charge in [0.15, 0.2) is 0 Å². The topological polar surface area (TPSA) is 49.3 Å². The minimum atomic E-state index is -0.781. The van der Waals surface area contributed by atoms with Gasteiger partial charge in [0.05, 0.1) is 6.04 Å². The molecule has 0 saturated heterocycles. The summed E-state index contributed by atoms with van der Waals surface area (Å²) in [7, 11) is 0. The van der Waals surface area contributed by atoms with Gasteiger partial charge in [-0.15, -0.1) is 0 Å². The van der Waals surface area contributed by atoms with Crippen molar-refractivity contribution in [3.05, 3.63) is 71.8 Å². The van der Waals surface area contributed by atoms with Crippen LogP contribution in [-0.2, 0) is 4.79 Å². The molecule has 0 spiro atoms. The van der Waals surface area contributed by atoms with Gasteiger partial charge in [-0.1, -0.05) is 74.5 Å². The summed E-state index contributed by atoms with van der Waals surface area (Å²) in [6.07, 6.45) is -0.781. The Morgan fingerprint density at radius 1 is 0.905 bits per heavy atom. The van der Waals surface area contributed by atoms with Crippen LogP contribution in [0.4, 0.5) is 0 Å². The van der Waals surface area contributed by atoms with Crippen LogP contribution in [0, 0.1) is 5.92 Å². The van der Waals surface area contributed by atoms with E-state index in [1.165, 1.54) is 0 Å². The Balaban J connectivity index is 2.30. The lowest BCUT2D eigenvalue weighted by Gasteiger charge is -2.26. The molecular weight excluding hydrogens is 262 g/mol. The molecule has 3 nitrogen and oxygen atoms in total. The molecule has 0 heterocycles. The quantitative estimate of drug-likeness (QED) is 0.885. The maximum atomic E-state index is 12.0. The Morgan fingerprint density at radius 3 is 1.86 bits per heavy atom. The Hall–Kier alpha value is -2.13. The molecule has 2 aromatic rings.